The quantitative estimate of drug-likeness (QED) is 0.558. The first kappa shape index (κ1) is 23.0. The number of halogens is 2. The number of nitrogens with one attached hydrogen (secondary N) is 2. The smallest absolute Gasteiger partial charge is 0.307 e. The summed E-state index contributed by atoms with van der Waals surface area (Å²) in [4.78, 5) is 23.8. The van der Waals surface area contributed by atoms with E-state index in [0.717, 1.165) is 16.6 Å². The first-order chi connectivity index (χ1) is 13.6. The summed E-state index contributed by atoms with van der Waals surface area (Å²) < 4.78 is 46.1. The van der Waals surface area contributed by atoms with Gasteiger partial charge in [0.1, 0.15) is 10.7 Å². The molecule has 0 saturated carbocycles. The molecule has 2 aromatic carbocycles. The lowest BCUT2D eigenvalue weighted by Crippen LogP contribution is -2.46. The number of rotatable bonds is 8. The Morgan fingerprint density at radius 1 is 1.17 bits per heavy atom. The maximum atomic E-state index is 13.8. The van der Waals surface area contributed by atoms with Gasteiger partial charge in [-0.15, -0.1) is 0 Å². The molecule has 0 heterocycles. The van der Waals surface area contributed by atoms with Gasteiger partial charge in [0.2, 0.25) is 15.9 Å². The van der Waals surface area contributed by atoms with E-state index in [1.807, 2.05) is 0 Å². The van der Waals surface area contributed by atoms with Crippen LogP contribution in [0.15, 0.2) is 57.9 Å². The Morgan fingerprint density at radius 2 is 1.86 bits per heavy atom. The molecule has 0 aromatic heterocycles. The maximum absolute atomic E-state index is 13.8. The Morgan fingerprint density at radius 3 is 2.48 bits per heavy atom. The minimum atomic E-state index is -4.26. The van der Waals surface area contributed by atoms with Gasteiger partial charge in [0, 0.05) is 4.47 Å². The second kappa shape index (κ2) is 9.95. The van der Waals surface area contributed by atoms with Crippen molar-refractivity contribution in [1.82, 2.24) is 10.0 Å². The van der Waals surface area contributed by atoms with Gasteiger partial charge in [-0.3, -0.25) is 9.59 Å². The number of sulfonamides is 1. The Labute approximate surface area is 176 Å². The van der Waals surface area contributed by atoms with Gasteiger partial charge >= 0.3 is 5.97 Å². The molecule has 29 heavy (non-hydrogen) atoms. The lowest BCUT2D eigenvalue weighted by molar-refractivity contribution is -0.141. The summed E-state index contributed by atoms with van der Waals surface area (Å²) in [5, 5.41) is 2.63. The van der Waals surface area contributed by atoms with Crippen molar-refractivity contribution in [3.63, 3.8) is 0 Å². The van der Waals surface area contributed by atoms with Crippen LogP contribution in [0, 0.1) is 5.82 Å². The summed E-state index contributed by atoms with van der Waals surface area (Å²) in [7, 11) is -3.03. The molecular formula is C19H20BrFN2O5S. The van der Waals surface area contributed by atoms with Crippen molar-refractivity contribution in [2.75, 3.05) is 7.11 Å². The summed E-state index contributed by atoms with van der Waals surface area (Å²) in [5.41, 5.74) is 0.627. The van der Waals surface area contributed by atoms with Crippen molar-refractivity contribution in [2.45, 2.75) is 30.3 Å². The summed E-state index contributed by atoms with van der Waals surface area (Å²) in [6.07, 6.45) is -0.147. The van der Waals surface area contributed by atoms with Crippen LogP contribution in [0.3, 0.4) is 0 Å². The molecule has 0 fully saturated rings. The van der Waals surface area contributed by atoms with Gasteiger partial charge in [0.05, 0.1) is 25.6 Å². The molecule has 156 valence electrons. The zero-order chi connectivity index (χ0) is 21.6. The fourth-order valence-electron chi connectivity index (χ4n) is 2.53. The Bertz CT molecular complexity index is 1000. The molecule has 0 aliphatic carbocycles. The first-order valence-corrected chi connectivity index (χ1v) is 10.8. The monoisotopic (exact) mass is 486 g/mol. The van der Waals surface area contributed by atoms with Crippen LogP contribution in [0.25, 0.3) is 0 Å². The van der Waals surface area contributed by atoms with Crippen LogP contribution in [0.2, 0.25) is 0 Å². The van der Waals surface area contributed by atoms with Crippen LogP contribution in [0.5, 0.6) is 0 Å². The molecule has 1 unspecified atom stereocenters. The van der Waals surface area contributed by atoms with E-state index >= 15 is 0 Å². The molecule has 2 N–H and O–H groups in total. The minimum absolute atomic E-state index is 0.147. The molecule has 2 rings (SSSR count). The van der Waals surface area contributed by atoms with E-state index < -0.39 is 44.7 Å². The summed E-state index contributed by atoms with van der Waals surface area (Å²) in [5.74, 6) is -2.15. The average Bonchev–Trinajstić information content (AvgIpc) is 2.67. The van der Waals surface area contributed by atoms with Crippen LogP contribution in [0.1, 0.15) is 24.9 Å². The van der Waals surface area contributed by atoms with E-state index in [4.69, 9.17) is 0 Å². The number of esters is 1. The highest BCUT2D eigenvalue weighted by molar-refractivity contribution is 9.10. The Hall–Kier alpha value is -2.30. The third kappa shape index (κ3) is 6.34. The molecule has 2 atom stereocenters. The van der Waals surface area contributed by atoms with Crippen LogP contribution >= 0.6 is 15.9 Å². The molecular weight excluding hydrogens is 467 g/mol. The lowest BCUT2D eigenvalue weighted by Gasteiger charge is -2.21. The molecule has 2 aromatic rings. The van der Waals surface area contributed by atoms with Crippen molar-refractivity contribution in [3.05, 3.63) is 64.4 Å². The second-order valence-corrected chi connectivity index (χ2v) is 8.77. The minimum Gasteiger partial charge on any atom is -0.469 e. The van der Waals surface area contributed by atoms with Crippen LogP contribution in [0.4, 0.5) is 4.39 Å². The topological polar surface area (TPSA) is 102 Å². The van der Waals surface area contributed by atoms with Crippen molar-refractivity contribution < 1.29 is 27.1 Å². The molecule has 0 radical (unpaired) electrons. The standard InChI is InChI=1S/C19H20BrFN2O5S/c1-12(23-29(26,27)17-9-4-3-8-15(17)21)19(25)22-16(11-18(24)28-2)13-6-5-7-14(20)10-13/h3-10,12,16,23H,11H2,1-2H3,(H,22,25)/t12-,16?/m0/s1. The second-order valence-electron chi connectivity index (χ2n) is 6.17. The molecule has 1 amide bonds. The van der Waals surface area contributed by atoms with E-state index in [1.54, 1.807) is 24.3 Å². The molecule has 0 aliphatic rings. The van der Waals surface area contributed by atoms with Gasteiger partial charge < -0.3 is 10.1 Å². The fraction of sp³-hybridized carbons (Fsp3) is 0.263. The number of benzene rings is 2. The number of hydrogen-bond acceptors (Lipinski definition) is 5. The normalized spacial score (nSPS) is 13.4. The Kier molecular flexibility index (Phi) is 7.88. The first-order valence-electron chi connectivity index (χ1n) is 8.53. The van der Waals surface area contributed by atoms with E-state index in [2.05, 4.69) is 30.7 Å². The van der Waals surface area contributed by atoms with Gasteiger partial charge in [-0.1, -0.05) is 40.2 Å². The van der Waals surface area contributed by atoms with Crippen LogP contribution < -0.4 is 10.0 Å². The van der Waals surface area contributed by atoms with Gasteiger partial charge in [0.25, 0.3) is 0 Å². The lowest BCUT2D eigenvalue weighted by atomic mass is 10.0. The van der Waals surface area contributed by atoms with E-state index in [1.165, 1.54) is 26.2 Å². The molecule has 0 aliphatic heterocycles. The van der Waals surface area contributed by atoms with E-state index in [9.17, 15) is 22.4 Å². The highest BCUT2D eigenvalue weighted by atomic mass is 79.9. The van der Waals surface area contributed by atoms with Crippen LogP contribution in [-0.2, 0) is 24.3 Å². The zero-order valence-corrected chi connectivity index (χ0v) is 18.1. The van der Waals surface area contributed by atoms with Crippen molar-refractivity contribution >= 4 is 37.8 Å². The van der Waals surface area contributed by atoms with Gasteiger partial charge in [-0.05, 0) is 36.8 Å². The van der Waals surface area contributed by atoms with Gasteiger partial charge in [-0.25, -0.2) is 12.8 Å². The Balaban J connectivity index is 2.17. The molecule has 0 bridgehead atoms. The zero-order valence-electron chi connectivity index (χ0n) is 15.7. The van der Waals surface area contributed by atoms with Crippen molar-refractivity contribution in [1.29, 1.82) is 0 Å². The number of carbonyl (C=O) groups excluding carboxylic acids is 2. The molecule has 10 heteroatoms. The number of amides is 1. The van der Waals surface area contributed by atoms with Gasteiger partial charge in [0.15, 0.2) is 0 Å². The van der Waals surface area contributed by atoms with Crippen molar-refractivity contribution in [2.24, 2.45) is 0 Å². The van der Waals surface area contributed by atoms with E-state index in [0.29, 0.717) is 5.56 Å². The third-order valence-electron chi connectivity index (χ3n) is 4.02. The summed E-state index contributed by atoms with van der Waals surface area (Å²) >= 11 is 3.33. The van der Waals surface area contributed by atoms with Gasteiger partial charge in [-0.2, -0.15) is 4.72 Å². The maximum Gasteiger partial charge on any atom is 0.307 e. The summed E-state index contributed by atoms with van der Waals surface area (Å²) in [6, 6.07) is 9.85. The van der Waals surface area contributed by atoms with E-state index in [-0.39, 0.29) is 6.42 Å². The predicted octanol–water partition coefficient (Wildman–Crippen LogP) is 2.68. The van der Waals surface area contributed by atoms with Crippen molar-refractivity contribution in [3.8, 4) is 0 Å². The largest absolute Gasteiger partial charge is 0.469 e. The SMILES string of the molecule is COC(=O)CC(NC(=O)[C@H](C)NS(=O)(=O)c1ccccc1F)c1cccc(Br)c1. The third-order valence-corrected chi connectivity index (χ3v) is 6.08. The highest BCUT2D eigenvalue weighted by Gasteiger charge is 2.27. The highest BCUT2D eigenvalue weighted by Crippen LogP contribution is 2.22. The molecule has 0 saturated heterocycles. The summed E-state index contributed by atoms with van der Waals surface area (Å²) in [6.45, 7) is 1.32. The predicted molar refractivity (Wildman–Crippen MR) is 108 cm³/mol. The number of carbonyl (C=O) groups is 2. The molecule has 7 nitrogen and oxygen atoms in total. The fourth-order valence-corrected chi connectivity index (χ4v) is 4.23. The number of hydrogen-bond donors (Lipinski definition) is 2. The molecule has 0 spiro atoms. The average molecular weight is 487 g/mol. The van der Waals surface area contributed by atoms with Crippen LogP contribution in [-0.4, -0.2) is 33.4 Å². The number of methoxy groups -OCH3 is 1. The number of ether oxygens (including phenoxy) is 1.